The van der Waals surface area contributed by atoms with Gasteiger partial charge in [-0.05, 0) is 44.0 Å². The third-order valence-corrected chi connectivity index (χ3v) is 6.79. The fraction of sp³-hybridized carbons (Fsp3) is 0.261. The normalized spacial score (nSPS) is 15.4. The summed E-state index contributed by atoms with van der Waals surface area (Å²) in [5, 5.41) is 1.11. The average molecular weight is 377 g/mol. The van der Waals surface area contributed by atoms with Crippen LogP contribution >= 0.6 is 11.3 Å². The number of anilines is 1. The zero-order chi connectivity index (χ0) is 19.0. The van der Waals surface area contributed by atoms with Crippen molar-refractivity contribution in [1.29, 1.82) is 0 Å². The number of amides is 1. The molecule has 1 atom stereocenters. The minimum Gasteiger partial charge on any atom is -0.286 e. The minimum atomic E-state index is 0.0723. The molecule has 1 aromatic heterocycles. The Morgan fingerprint density at radius 3 is 2.30 bits per heavy atom. The molecule has 3 nitrogen and oxygen atoms in total. The quantitative estimate of drug-likeness (QED) is 0.599. The van der Waals surface area contributed by atoms with Gasteiger partial charge in [0.1, 0.15) is 5.00 Å². The maximum absolute atomic E-state index is 13.3. The van der Waals surface area contributed by atoms with Gasteiger partial charge in [-0.25, -0.2) is 0 Å². The van der Waals surface area contributed by atoms with Gasteiger partial charge in [-0.1, -0.05) is 48.5 Å². The van der Waals surface area contributed by atoms with Crippen LogP contribution in [0.15, 0.2) is 60.7 Å². The van der Waals surface area contributed by atoms with E-state index in [1.165, 1.54) is 21.6 Å². The number of rotatable bonds is 3. The zero-order valence-electron chi connectivity index (χ0n) is 16.0. The van der Waals surface area contributed by atoms with E-state index in [0.717, 1.165) is 17.1 Å². The lowest BCUT2D eigenvalue weighted by Gasteiger charge is -2.39. The van der Waals surface area contributed by atoms with Crippen molar-refractivity contribution in [2.75, 3.05) is 11.6 Å². The van der Waals surface area contributed by atoms with Gasteiger partial charge in [-0.15, -0.1) is 11.3 Å². The largest absolute Gasteiger partial charge is 0.286 e. The van der Waals surface area contributed by atoms with Crippen molar-refractivity contribution in [3.05, 3.63) is 87.8 Å². The molecule has 0 spiro atoms. The van der Waals surface area contributed by atoms with Gasteiger partial charge < -0.3 is 0 Å². The van der Waals surface area contributed by atoms with E-state index in [-0.39, 0.29) is 11.9 Å². The second-order valence-corrected chi connectivity index (χ2v) is 8.34. The molecule has 0 fully saturated rings. The first-order valence-corrected chi connectivity index (χ1v) is 10.1. The first kappa shape index (κ1) is 18.0. The maximum atomic E-state index is 13.3. The summed E-state index contributed by atoms with van der Waals surface area (Å²) in [4.78, 5) is 18.9. The van der Waals surface area contributed by atoms with Crippen LogP contribution in [0.1, 0.15) is 44.9 Å². The number of carbonyl (C=O) groups excluding carboxylic acids is 1. The molecule has 0 radical (unpaired) electrons. The highest BCUT2D eigenvalue weighted by Gasteiger charge is 2.33. The molecule has 138 valence electrons. The van der Waals surface area contributed by atoms with Crippen molar-refractivity contribution in [3.63, 3.8) is 0 Å². The highest BCUT2D eigenvalue weighted by atomic mass is 32.1. The van der Waals surface area contributed by atoms with Crippen LogP contribution < -0.4 is 4.90 Å². The molecule has 0 unspecified atom stereocenters. The molecule has 1 amide bonds. The predicted octanol–water partition coefficient (Wildman–Crippen LogP) is 5.55. The van der Waals surface area contributed by atoms with Crippen LogP contribution in [0.25, 0.3) is 0 Å². The fourth-order valence-corrected chi connectivity index (χ4v) is 4.81. The van der Waals surface area contributed by atoms with Gasteiger partial charge in [0.05, 0.1) is 6.67 Å². The summed E-state index contributed by atoms with van der Waals surface area (Å²) in [5.41, 5.74) is 4.61. The Bertz CT molecular complexity index is 949. The summed E-state index contributed by atoms with van der Waals surface area (Å²) < 4.78 is 0. The third-order valence-electron chi connectivity index (χ3n) is 5.51. The summed E-state index contributed by atoms with van der Waals surface area (Å²) in [5.74, 6) is 0.0723. The Hall–Kier alpha value is -2.43. The number of carbonyl (C=O) groups is 1. The second kappa shape index (κ2) is 7.29. The standard InChI is InChI=1S/C23H24N2OS/c1-16-18(3)27-23-21(16)14-24(17(2)19-10-6-4-7-11-19)15-25(23)22(26)20-12-8-5-9-13-20/h4-13,17H,14-15H2,1-3H3/t17-/m1/s1. The lowest BCUT2D eigenvalue weighted by atomic mass is 10.0. The molecule has 2 aromatic carbocycles. The van der Waals surface area contributed by atoms with Crippen LogP contribution in [-0.2, 0) is 6.54 Å². The predicted molar refractivity (Wildman–Crippen MR) is 112 cm³/mol. The summed E-state index contributed by atoms with van der Waals surface area (Å²) in [6, 6.07) is 20.4. The third kappa shape index (κ3) is 3.31. The molecule has 3 aromatic rings. The number of fused-ring (bicyclic) bond motifs is 1. The topological polar surface area (TPSA) is 23.6 Å². The number of nitrogens with zero attached hydrogens (tertiary/aromatic N) is 2. The van der Waals surface area contributed by atoms with E-state index in [9.17, 15) is 4.79 Å². The van der Waals surface area contributed by atoms with Crippen LogP contribution in [0, 0.1) is 13.8 Å². The summed E-state index contributed by atoms with van der Waals surface area (Å²) in [6.07, 6.45) is 0. The molecule has 27 heavy (non-hydrogen) atoms. The van der Waals surface area contributed by atoms with Gasteiger partial charge in [0.25, 0.3) is 5.91 Å². The van der Waals surface area contributed by atoms with Gasteiger partial charge in [0.15, 0.2) is 0 Å². The Labute approximate surface area is 164 Å². The van der Waals surface area contributed by atoms with Crippen LogP contribution in [-0.4, -0.2) is 17.5 Å². The summed E-state index contributed by atoms with van der Waals surface area (Å²) in [6.45, 7) is 8.03. The Morgan fingerprint density at radius 1 is 1.00 bits per heavy atom. The average Bonchev–Trinajstić information content (AvgIpc) is 3.01. The van der Waals surface area contributed by atoms with Crippen LogP contribution in [0.4, 0.5) is 5.00 Å². The number of hydrogen-bond donors (Lipinski definition) is 0. The van der Waals surface area contributed by atoms with Crippen molar-refractivity contribution < 1.29 is 4.79 Å². The molecular weight excluding hydrogens is 352 g/mol. The van der Waals surface area contributed by atoms with Crippen LogP contribution in [0.2, 0.25) is 0 Å². The fourth-order valence-electron chi connectivity index (χ4n) is 3.65. The number of hydrogen-bond acceptors (Lipinski definition) is 3. The minimum absolute atomic E-state index is 0.0723. The maximum Gasteiger partial charge on any atom is 0.260 e. The summed E-state index contributed by atoms with van der Waals surface area (Å²) >= 11 is 1.74. The first-order valence-electron chi connectivity index (χ1n) is 9.31. The number of benzene rings is 2. The highest BCUT2D eigenvalue weighted by Crippen LogP contribution is 2.41. The zero-order valence-corrected chi connectivity index (χ0v) is 16.8. The molecule has 0 saturated carbocycles. The van der Waals surface area contributed by atoms with E-state index in [0.29, 0.717) is 6.67 Å². The molecule has 1 aliphatic heterocycles. The molecule has 4 rings (SSSR count). The second-order valence-electron chi connectivity index (χ2n) is 7.14. The van der Waals surface area contributed by atoms with Gasteiger partial charge in [-0.3, -0.25) is 14.6 Å². The van der Waals surface area contributed by atoms with E-state index in [4.69, 9.17) is 0 Å². The van der Waals surface area contributed by atoms with E-state index in [1.807, 2.05) is 41.3 Å². The SMILES string of the molecule is Cc1sc2c(c1C)CN([C@H](C)c1ccccc1)CN2C(=O)c1ccccc1. The van der Waals surface area contributed by atoms with Crippen LogP contribution in [0.5, 0.6) is 0 Å². The smallest absolute Gasteiger partial charge is 0.260 e. The highest BCUT2D eigenvalue weighted by molar-refractivity contribution is 7.16. The van der Waals surface area contributed by atoms with Gasteiger partial charge in [0, 0.05) is 28.6 Å². The van der Waals surface area contributed by atoms with E-state index in [2.05, 4.69) is 49.9 Å². The van der Waals surface area contributed by atoms with Gasteiger partial charge in [0.2, 0.25) is 0 Å². The lowest BCUT2D eigenvalue weighted by Crippen LogP contribution is -2.45. The number of thiophene rings is 1. The molecule has 0 N–H and O–H groups in total. The lowest BCUT2D eigenvalue weighted by molar-refractivity contribution is 0.0943. The molecule has 0 saturated heterocycles. The molecule has 4 heteroatoms. The van der Waals surface area contributed by atoms with Gasteiger partial charge >= 0.3 is 0 Å². The first-order chi connectivity index (χ1) is 13.1. The monoisotopic (exact) mass is 376 g/mol. The number of aryl methyl sites for hydroxylation is 1. The van der Waals surface area contributed by atoms with Crippen molar-refractivity contribution >= 4 is 22.2 Å². The molecule has 1 aliphatic rings. The van der Waals surface area contributed by atoms with Crippen LogP contribution in [0.3, 0.4) is 0 Å². The van der Waals surface area contributed by atoms with Crippen molar-refractivity contribution in [2.24, 2.45) is 0 Å². The Morgan fingerprint density at radius 2 is 1.63 bits per heavy atom. The molecule has 0 aliphatic carbocycles. The molecular formula is C23H24N2OS. The Balaban J connectivity index is 1.72. The van der Waals surface area contributed by atoms with Gasteiger partial charge in [-0.2, -0.15) is 0 Å². The van der Waals surface area contributed by atoms with E-state index >= 15 is 0 Å². The van der Waals surface area contributed by atoms with Crippen molar-refractivity contribution in [3.8, 4) is 0 Å². The van der Waals surface area contributed by atoms with Crippen molar-refractivity contribution in [2.45, 2.75) is 33.4 Å². The Kier molecular flexibility index (Phi) is 4.85. The van der Waals surface area contributed by atoms with E-state index in [1.54, 1.807) is 11.3 Å². The van der Waals surface area contributed by atoms with E-state index < -0.39 is 0 Å². The molecule has 2 heterocycles. The van der Waals surface area contributed by atoms with Crippen molar-refractivity contribution in [1.82, 2.24) is 4.90 Å². The summed E-state index contributed by atoms with van der Waals surface area (Å²) in [7, 11) is 0. The molecule has 0 bridgehead atoms.